The smallest absolute Gasteiger partial charge is 0.289 e. The minimum Gasteiger partial charge on any atom is -0.450 e. The fraction of sp³-hybridized carbons (Fsp3) is 0.259. The molecule has 5 rings (SSSR count). The van der Waals surface area contributed by atoms with E-state index in [1.54, 1.807) is 37.2 Å². The minimum absolute atomic E-state index is 0.0950. The SMILES string of the molecule is CN(C)C(=O)c1cc2cc(C3=CCCN(C(=O)CCn4ccnn4)C3)cc(-c3ccccc3)c2o1. The highest BCUT2D eigenvalue weighted by Crippen LogP contribution is 2.35. The second kappa shape index (κ2) is 9.58. The lowest BCUT2D eigenvalue weighted by Gasteiger charge is -2.28. The number of amides is 2. The molecule has 0 atom stereocenters. The predicted octanol–water partition coefficient (Wildman–Crippen LogP) is 4.10. The van der Waals surface area contributed by atoms with E-state index in [0.29, 0.717) is 37.4 Å². The van der Waals surface area contributed by atoms with Gasteiger partial charge in [0, 0.05) is 50.8 Å². The van der Waals surface area contributed by atoms with Crippen molar-refractivity contribution in [2.24, 2.45) is 0 Å². The standard InChI is InChI=1S/C27H27N5O3/c1-30(2)27(34)24-17-22-15-21(16-23(26(22)35-24)19-7-4-3-5-8-19)20-9-6-12-31(18-20)25(33)10-13-32-14-11-28-29-32/h3-5,7-9,11,14-17H,6,10,12-13,18H2,1-2H3. The van der Waals surface area contributed by atoms with Crippen LogP contribution in [0.3, 0.4) is 0 Å². The van der Waals surface area contributed by atoms with Crippen molar-refractivity contribution >= 4 is 28.4 Å². The number of carbonyl (C=O) groups excluding carboxylic acids is 2. The first-order valence-corrected chi connectivity index (χ1v) is 11.7. The molecular weight excluding hydrogens is 442 g/mol. The molecule has 8 nitrogen and oxygen atoms in total. The predicted molar refractivity (Wildman–Crippen MR) is 133 cm³/mol. The molecule has 0 spiro atoms. The first-order chi connectivity index (χ1) is 17.0. The number of rotatable bonds is 6. The first-order valence-electron chi connectivity index (χ1n) is 11.7. The van der Waals surface area contributed by atoms with Crippen molar-refractivity contribution in [3.05, 3.63) is 78.3 Å². The van der Waals surface area contributed by atoms with Crippen LogP contribution >= 0.6 is 0 Å². The van der Waals surface area contributed by atoms with Crippen LogP contribution in [-0.2, 0) is 11.3 Å². The number of nitrogens with zero attached hydrogens (tertiary/aromatic N) is 5. The van der Waals surface area contributed by atoms with Crippen molar-refractivity contribution < 1.29 is 14.0 Å². The fourth-order valence-electron chi connectivity index (χ4n) is 4.38. The fourth-order valence-corrected chi connectivity index (χ4v) is 4.38. The van der Waals surface area contributed by atoms with Crippen LogP contribution in [0.1, 0.15) is 29.0 Å². The van der Waals surface area contributed by atoms with Gasteiger partial charge in [0.05, 0.1) is 12.7 Å². The summed E-state index contributed by atoms with van der Waals surface area (Å²) in [6.45, 7) is 1.74. The van der Waals surface area contributed by atoms with Gasteiger partial charge < -0.3 is 14.2 Å². The molecule has 2 amide bonds. The van der Waals surface area contributed by atoms with Crippen LogP contribution in [0.25, 0.3) is 27.7 Å². The van der Waals surface area contributed by atoms with E-state index in [4.69, 9.17) is 4.42 Å². The van der Waals surface area contributed by atoms with Crippen LogP contribution in [0.5, 0.6) is 0 Å². The molecule has 0 saturated carbocycles. The van der Waals surface area contributed by atoms with E-state index in [-0.39, 0.29) is 11.8 Å². The van der Waals surface area contributed by atoms with E-state index in [1.165, 1.54) is 4.90 Å². The second-order valence-corrected chi connectivity index (χ2v) is 8.87. The van der Waals surface area contributed by atoms with Crippen LogP contribution in [-0.4, -0.2) is 63.8 Å². The molecule has 1 aliphatic rings. The first kappa shape index (κ1) is 22.6. The van der Waals surface area contributed by atoms with E-state index >= 15 is 0 Å². The maximum atomic E-state index is 12.9. The highest BCUT2D eigenvalue weighted by atomic mass is 16.3. The quantitative estimate of drug-likeness (QED) is 0.425. The van der Waals surface area contributed by atoms with Gasteiger partial charge in [0.15, 0.2) is 5.76 Å². The van der Waals surface area contributed by atoms with Gasteiger partial charge in [0.2, 0.25) is 5.91 Å². The normalized spacial score (nSPS) is 13.7. The Morgan fingerprint density at radius 1 is 1.09 bits per heavy atom. The lowest BCUT2D eigenvalue weighted by atomic mass is 9.94. The van der Waals surface area contributed by atoms with Gasteiger partial charge in [-0.2, -0.15) is 0 Å². The van der Waals surface area contributed by atoms with Gasteiger partial charge in [0.25, 0.3) is 5.91 Å². The molecule has 8 heteroatoms. The maximum Gasteiger partial charge on any atom is 0.289 e. The Morgan fingerprint density at radius 2 is 1.91 bits per heavy atom. The van der Waals surface area contributed by atoms with Crippen molar-refractivity contribution in [3.8, 4) is 11.1 Å². The summed E-state index contributed by atoms with van der Waals surface area (Å²) in [5, 5.41) is 8.59. The third-order valence-corrected chi connectivity index (χ3v) is 6.22. The summed E-state index contributed by atoms with van der Waals surface area (Å²) in [7, 11) is 3.42. The number of furan rings is 1. The zero-order valence-corrected chi connectivity index (χ0v) is 19.8. The zero-order chi connectivity index (χ0) is 24.4. The number of carbonyl (C=O) groups is 2. The van der Waals surface area contributed by atoms with Gasteiger partial charge in [-0.3, -0.25) is 14.3 Å². The number of aryl methyl sites for hydroxylation is 1. The minimum atomic E-state index is -0.178. The molecule has 0 saturated heterocycles. The van der Waals surface area contributed by atoms with E-state index < -0.39 is 0 Å². The number of hydrogen-bond donors (Lipinski definition) is 0. The number of aromatic nitrogens is 3. The van der Waals surface area contributed by atoms with Crippen LogP contribution in [0.4, 0.5) is 0 Å². The molecular formula is C27H27N5O3. The van der Waals surface area contributed by atoms with Gasteiger partial charge in [0.1, 0.15) is 5.58 Å². The topological polar surface area (TPSA) is 84.5 Å². The van der Waals surface area contributed by atoms with Crippen molar-refractivity contribution in [3.63, 3.8) is 0 Å². The summed E-state index contributed by atoms with van der Waals surface area (Å²) in [4.78, 5) is 28.9. The Balaban J connectivity index is 1.47. The van der Waals surface area contributed by atoms with E-state index in [9.17, 15) is 9.59 Å². The lowest BCUT2D eigenvalue weighted by molar-refractivity contribution is -0.131. The largest absolute Gasteiger partial charge is 0.450 e. The molecule has 0 aliphatic carbocycles. The van der Waals surface area contributed by atoms with Crippen LogP contribution in [0.15, 0.2) is 71.4 Å². The molecule has 2 aromatic carbocycles. The molecule has 3 heterocycles. The van der Waals surface area contributed by atoms with Crippen molar-refractivity contribution in [2.75, 3.05) is 27.2 Å². The molecule has 1 aliphatic heterocycles. The lowest BCUT2D eigenvalue weighted by Crippen LogP contribution is -2.35. The summed E-state index contributed by atoms with van der Waals surface area (Å²) >= 11 is 0. The Labute approximate surface area is 203 Å². The molecule has 0 unspecified atom stereocenters. The molecule has 0 N–H and O–H groups in total. The Hall–Kier alpha value is -4.20. The number of benzene rings is 2. The third kappa shape index (κ3) is 4.73. The van der Waals surface area contributed by atoms with Crippen LogP contribution in [0.2, 0.25) is 0 Å². The molecule has 0 fully saturated rings. The van der Waals surface area contributed by atoms with Gasteiger partial charge in [-0.05, 0) is 41.3 Å². The van der Waals surface area contributed by atoms with Crippen molar-refractivity contribution in [2.45, 2.75) is 19.4 Å². The molecule has 0 bridgehead atoms. The van der Waals surface area contributed by atoms with E-state index in [0.717, 1.165) is 34.1 Å². The van der Waals surface area contributed by atoms with Crippen LogP contribution in [0, 0.1) is 0 Å². The monoisotopic (exact) mass is 469 g/mol. The average molecular weight is 470 g/mol. The zero-order valence-electron chi connectivity index (χ0n) is 19.8. The van der Waals surface area contributed by atoms with E-state index in [1.807, 2.05) is 41.3 Å². The molecule has 0 radical (unpaired) electrons. The second-order valence-electron chi connectivity index (χ2n) is 8.87. The summed E-state index contributed by atoms with van der Waals surface area (Å²) < 4.78 is 7.73. The van der Waals surface area contributed by atoms with E-state index in [2.05, 4.69) is 22.5 Å². The number of hydrogen-bond acceptors (Lipinski definition) is 5. The maximum absolute atomic E-state index is 12.9. The van der Waals surface area contributed by atoms with Crippen LogP contribution < -0.4 is 0 Å². The van der Waals surface area contributed by atoms with Gasteiger partial charge in [-0.25, -0.2) is 0 Å². The summed E-state index contributed by atoms with van der Waals surface area (Å²) in [6, 6.07) is 16.0. The Bertz CT molecular complexity index is 1390. The summed E-state index contributed by atoms with van der Waals surface area (Å²) in [5.74, 6) is 0.224. The molecule has 2 aromatic heterocycles. The van der Waals surface area contributed by atoms with Gasteiger partial charge in [-0.1, -0.05) is 41.6 Å². The number of fused-ring (bicyclic) bond motifs is 1. The molecule has 178 valence electrons. The molecule has 35 heavy (non-hydrogen) atoms. The highest BCUT2D eigenvalue weighted by molar-refractivity contribution is 6.01. The summed E-state index contributed by atoms with van der Waals surface area (Å²) in [6.07, 6.45) is 6.74. The molecule has 4 aromatic rings. The van der Waals surface area contributed by atoms with Gasteiger partial charge >= 0.3 is 0 Å². The third-order valence-electron chi connectivity index (χ3n) is 6.22. The summed E-state index contributed by atoms with van der Waals surface area (Å²) in [5.41, 5.74) is 4.73. The highest BCUT2D eigenvalue weighted by Gasteiger charge is 2.22. The average Bonchev–Trinajstić information content (AvgIpc) is 3.56. The van der Waals surface area contributed by atoms with Crippen molar-refractivity contribution in [1.82, 2.24) is 24.8 Å². The van der Waals surface area contributed by atoms with Crippen molar-refractivity contribution in [1.29, 1.82) is 0 Å². The Kier molecular flexibility index (Phi) is 6.18. The van der Waals surface area contributed by atoms with Gasteiger partial charge in [-0.15, -0.1) is 5.10 Å². The Morgan fingerprint density at radius 3 is 2.66 bits per heavy atom.